The first-order valence-electron chi connectivity index (χ1n) is 16.8. The highest BCUT2D eigenvalue weighted by Crippen LogP contribution is 2.65. The van der Waals surface area contributed by atoms with Gasteiger partial charge in [0, 0.05) is 59.8 Å². The fourth-order valence-electron chi connectivity index (χ4n) is 7.25. The van der Waals surface area contributed by atoms with Crippen LogP contribution in [0.15, 0.2) is 52.4 Å². The molecule has 4 aliphatic rings. The second-order valence-electron chi connectivity index (χ2n) is 13.9. The molecule has 2 fully saturated rings. The highest BCUT2D eigenvalue weighted by Gasteiger charge is 2.47. The lowest BCUT2D eigenvalue weighted by Crippen LogP contribution is -2.31. The average Bonchev–Trinajstić information content (AvgIpc) is 3.51. The van der Waals surface area contributed by atoms with Crippen molar-refractivity contribution in [2.45, 2.75) is 77.7 Å². The summed E-state index contributed by atoms with van der Waals surface area (Å²) in [5.74, 6) is -7.25. The normalized spacial score (nSPS) is 21.3. The summed E-state index contributed by atoms with van der Waals surface area (Å²) in [6.07, 6.45) is 13.4. The molecule has 1 unspecified atom stereocenters. The van der Waals surface area contributed by atoms with E-state index < -0.39 is 53.2 Å². The fraction of sp³-hybridized carbons (Fsp3) is 0.444. The van der Waals surface area contributed by atoms with Crippen molar-refractivity contribution in [1.29, 1.82) is 0 Å². The third-order valence-corrected chi connectivity index (χ3v) is 12.2. The Morgan fingerprint density at radius 2 is 1.63 bits per heavy atom. The van der Waals surface area contributed by atoms with Gasteiger partial charge in [-0.3, -0.25) is 4.57 Å². The minimum absolute atomic E-state index is 0.109. The highest BCUT2D eigenvalue weighted by molar-refractivity contribution is 7.71. The largest absolute Gasteiger partial charge is 0.478 e. The number of benzene rings is 2. The molecule has 3 heterocycles. The molecule has 13 heteroatoms. The van der Waals surface area contributed by atoms with Gasteiger partial charge >= 0.3 is 5.97 Å². The van der Waals surface area contributed by atoms with Crippen LogP contribution in [0.25, 0.3) is 16.0 Å². The van der Waals surface area contributed by atoms with Gasteiger partial charge < -0.3 is 14.5 Å². The van der Waals surface area contributed by atoms with Gasteiger partial charge in [0.15, 0.2) is 11.6 Å². The minimum atomic E-state index is -4.04. The first kappa shape index (κ1) is 34.7. The van der Waals surface area contributed by atoms with Crippen molar-refractivity contribution < 1.29 is 36.7 Å². The van der Waals surface area contributed by atoms with Crippen molar-refractivity contribution in [2.24, 2.45) is 5.11 Å². The number of carbonyl (C=O) groups is 1. The maximum Gasteiger partial charge on any atom is 0.339 e. The predicted octanol–water partition coefficient (Wildman–Crippen LogP) is 9.14. The van der Waals surface area contributed by atoms with Crippen LogP contribution >= 0.6 is 7.37 Å². The Morgan fingerprint density at radius 3 is 2.24 bits per heavy atom. The Balaban J connectivity index is 1.74. The van der Waals surface area contributed by atoms with Crippen LogP contribution in [-0.4, -0.2) is 53.1 Å². The van der Waals surface area contributed by atoms with Crippen LogP contribution in [0.3, 0.4) is 0 Å². The number of nitrogens with zero attached hydrogens (tertiary/aromatic N) is 5. The molecular formula is C36H40F3N5O4P+. The summed E-state index contributed by atoms with van der Waals surface area (Å²) in [5.41, 5.74) is 6.55. The van der Waals surface area contributed by atoms with E-state index in [1.807, 2.05) is 0 Å². The van der Waals surface area contributed by atoms with Crippen LogP contribution < -0.4 is 10.2 Å². The Morgan fingerprint density at radius 1 is 0.980 bits per heavy atom. The Bertz CT molecular complexity index is 1940. The first-order chi connectivity index (χ1) is 23.4. The van der Waals surface area contributed by atoms with E-state index in [2.05, 4.69) is 19.5 Å². The van der Waals surface area contributed by atoms with Gasteiger partial charge in [-0.1, -0.05) is 24.0 Å². The van der Waals surface area contributed by atoms with Crippen LogP contribution in [0, 0.1) is 17.5 Å². The molecule has 0 amide bonds. The van der Waals surface area contributed by atoms with E-state index in [-0.39, 0.29) is 27.3 Å². The number of hydrogen-bond donors (Lipinski definition) is 1. The summed E-state index contributed by atoms with van der Waals surface area (Å²) in [6.45, 7) is 8.43. The summed E-state index contributed by atoms with van der Waals surface area (Å²) >= 11 is 0. The number of fused-ring (bicyclic) bond motifs is 2. The summed E-state index contributed by atoms with van der Waals surface area (Å²) in [6, 6.07) is 5.16. The van der Waals surface area contributed by atoms with E-state index in [0.29, 0.717) is 0 Å². The summed E-state index contributed by atoms with van der Waals surface area (Å²) in [7, 11) is -4.04. The molecule has 1 N–H and O–H groups in total. The third kappa shape index (κ3) is 6.50. The molecule has 49 heavy (non-hydrogen) atoms. The van der Waals surface area contributed by atoms with Crippen molar-refractivity contribution in [1.82, 2.24) is 0 Å². The lowest BCUT2D eigenvalue weighted by Gasteiger charge is -2.37. The monoisotopic (exact) mass is 694 g/mol. The van der Waals surface area contributed by atoms with E-state index in [1.54, 1.807) is 57.2 Å². The van der Waals surface area contributed by atoms with Crippen molar-refractivity contribution in [3.05, 3.63) is 91.9 Å². The molecule has 1 aliphatic carbocycles. The van der Waals surface area contributed by atoms with Crippen molar-refractivity contribution >= 4 is 41.3 Å². The lowest BCUT2D eigenvalue weighted by atomic mass is 9.86. The number of halogens is 3. The molecule has 2 aromatic rings. The molecule has 2 aromatic carbocycles. The number of carboxylic acids is 1. The highest BCUT2D eigenvalue weighted by atomic mass is 31.2. The van der Waals surface area contributed by atoms with Gasteiger partial charge in [-0.2, -0.15) is 0 Å². The van der Waals surface area contributed by atoms with Crippen LogP contribution in [-0.2, 0) is 9.09 Å². The smallest absolute Gasteiger partial charge is 0.339 e. The molecule has 0 radical (unpaired) electrons. The van der Waals surface area contributed by atoms with Crippen LogP contribution in [0.4, 0.5) is 24.5 Å². The van der Waals surface area contributed by atoms with E-state index in [0.717, 1.165) is 88.9 Å². The zero-order valence-electron chi connectivity index (χ0n) is 27.9. The van der Waals surface area contributed by atoms with Gasteiger partial charge in [0.1, 0.15) is 30.2 Å². The topological polar surface area (TPSA) is 119 Å². The lowest BCUT2D eigenvalue weighted by molar-refractivity contribution is -0.524. The second kappa shape index (κ2) is 13.7. The minimum Gasteiger partial charge on any atom is -0.478 e. The van der Waals surface area contributed by atoms with Gasteiger partial charge in [0.05, 0.1) is 16.2 Å². The predicted molar refractivity (Wildman–Crippen MR) is 184 cm³/mol. The number of azide groups is 1. The summed E-state index contributed by atoms with van der Waals surface area (Å²) in [5, 5.41) is 13.7. The van der Waals surface area contributed by atoms with Gasteiger partial charge in [-0.05, 0) is 81.3 Å². The number of anilines is 1. The zero-order chi connectivity index (χ0) is 35.1. The van der Waals surface area contributed by atoms with E-state index in [1.165, 1.54) is 0 Å². The Hall–Kier alpha value is -4.11. The number of allylic oxidation sites excluding steroid dienone is 5. The summed E-state index contributed by atoms with van der Waals surface area (Å²) < 4.78 is 71.8. The standard InChI is InChI=1S/C36H39F3N5O4P/c1-36(2,3)48-49(47)26-20-22(43-16-8-4-5-9-17-43)12-14-24(26)28(25-15-13-23(21-27(25)49)44-18-10-6-7-11-19-44)29-30(35(45)46)31(37)33(39)34(32(29)38)41-42-40/h12-15,20-21H,4-11,16-19H2,1-3H3/p+1. The number of rotatable bonds is 5. The molecule has 258 valence electrons. The molecule has 1 atom stereocenters. The number of carboxylic acid groups (broad SMARTS) is 1. The first-order valence-corrected chi connectivity index (χ1v) is 18.4. The Kier molecular flexibility index (Phi) is 9.68. The molecule has 6 rings (SSSR count). The Labute approximate surface area is 283 Å². The van der Waals surface area contributed by atoms with Crippen molar-refractivity contribution in [3.63, 3.8) is 0 Å². The molecule has 2 saturated heterocycles. The number of aromatic carboxylic acids is 1. The van der Waals surface area contributed by atoms with Gasteiger partial charge in [0.2, 0.25) is 5.71 Å². The molecule has 0 saturated carbocycles. The van der Waals surface area contributed by atoms with E-state index in [4.69, 9.17) is 10.1 Å². The quantitative estimate of drug-likeness (QED) is 0.0837. The van der Waals surface area contributed by atoms with E-state index >= 15 is 17.7 Å². The van der Waals surface area contributed by atoms with Crippen LogP contribution in [0.2, 0.25) is 0 Å². The second-order valence-corrected chi connectivity index (χ2v) is 16.1. The SMILES string of the molecule is CC(C)(C)OP1(=O)C2=CC(=[N+]3CCCCCC3)C=CC2=C(c2c(F)c(N=[N+]=[N-])c(F)c(F)c2C(=O)O)c2ccc(N3CCCCCC3)cc21. The van der Waals surface area contributed by atoms with E-state index in [9.17, 15) is 9.90 Å². The zero-order valence-corrected chi connectivity index (χ0v) is 28.8. The molecule has 0 bridgehead atoms. The third-order valence-electron chi connectivity index (χ3n) is 9.39. The van der Waals surface area contributed by atoms with Crippen molar-refractivity contribution in [3.8, 4) is 0 Å². The van der Waals surface area contributed by atoms with Crippen LogP contribution in [0.1, 0.15) is 93.6 Å². The molecular weight excluding hydrogens is 654 g/mol. The van der Waals surface area contributed by atoms with Gasteiger partial charge in [-0.15, -0.1) is 0 Å². The van der Waals surface area contributed by atoms with Gasteiger partial charge in [0.25, 0.3) is 7.37 Å². The molecule has 9 nitrogen and oxygen atoms in total. The maximum absolute atomic E-state index is 16.5. The summed E-state index contributed by atoms with van der Waals surface area (Å²) in [4.78, 5) is 17.3. The molecule has 0 aromatic heterocycles. The van der Waals surface area contributed by atoms with Crippen molar-refractivity contribution in [2.75, 3.05) is 31.1 Å². The maximum atomic E-state index is 16.5. The van der Waals surface area contributed by atoms with Gasteiger partial charge in [-0.25, -0.2) is 22.5 Å². The fourth-order valence-corrected chi connectivity index (χ4v) is 10.1. The molecule has 0 spiro atoms. The van der Waals surface area contributed by atoms with Crippen LogP contribution in [0.5, 0.6) is 0 Å². The molecule has 3 aliphatic heterocycles. The number of hydrogen-bond acceptors (Lipinski definition) is 5. The average molecular weight is 695 g/mol.